The lowest BCUT2D eigenvalue weighted by molar-refractivity contribution is 0.0311. The Kier molecular flexibility index (Phi) is 6.95. The highest BCUT2D eigenvalue weighted by molar-refractivity contribution is 7.89. The number of carbonyl (C=O) groups is 1. The van der Waals surface area contributed by atoms with E-state index in [9.17, 15) is 13.2 Å². The van der Waals surface area contributed by atoms with Crippen molar-refractivity contribution in [3.63, 3.8) is 0 Å². The first kappa shape index (κ1) is 22.5. The fraction of sp³-hybridized carbons (Fsp3) is 0.435. The molecule has 1 aliphatic rings. The third-order valence-electron chi connectivity index (χ3n) is 5.77. The Bertz CT molecular complexity index is 947. The summed E-state index contributed by atoms with van der Waals surface area (Å²) in [5, 5.41) is 0. The van der Waals surface area contributed by atoms with E-state index in [-0.39, 0.29) is 22.9 Å². The van der Waals surface area contributed by atoms with Gasteiger partial charge in [0.25, 0.3) is 5.91 Å². The fourth-order valence-corrected chi connectivity index (χ4v) is 4.93. The first-order valence-electron chi connectivity index (χ1n) is 10.3. The van der Waals surface area contributed by atoms with E-state index >= 15 is 0 Å². The molecule has 0 aromatic heterocycles. The number of sulfonamides is 1. The summed E-state index contributed by atoms with van der Waals surface area (Å²) >= 11 is 0. The third-order valence-corrected chi connectivity index (χ3v) is 7.60. The highest BCUT2D eigenvalue weighted by Gasteiger charge is 2.32. The van der Waals surface area contributed by atoms with E-state index < -0.39 is 10.0 Å². The van der Waals surface area contributed by atoms with E-state index in [1.165, 1.54) is 36.1 Å². The topological polar surface area (TPSA) is 60.9 Å². The summed E-state index contributed by atoms with van der Waals surface area (Å²) in [5.41, 5.74) is 1.84. The average molecular weight is 430 g/mol. The maximum atomic E-state index is 13.0. The molecule has 1 amide bonds. The molecule has 1 heterocycles. The number of nitrogens with zero attached hydrogens (tertiary/aromatic N) is 3. The van der Waals surface area contributed by atoms with Crippen LogP contribution in [-0.4, -0.2) is 74.2 Å². The summed E-state index contributed by atoms with van der Waals surface area (Å²) in [5.74, 6) is -0.0507. The summed E-state index contributed by atoms with van der Waals surface area (Å²) in [6, 6.07) is 17.2. The van der Waals surface area contributed by atoms with Crippen molar-refractivity contribution in [2.75, 3.05) is 33.7 Å². The van der Waals surface area contributed by atoms with Gasteiger partial charge in [0.2, 0.25) is 10.0 Å². The molecule has 6 nitrogen and oxygen atoms in total. The van der Waals surface area contributed by atoms with Crippen molar-refractivity contribution < 1.29 is 13.2 Å². The summed E-state index contributed by atoms with van der Waals surface area (Å²) in [6.45, 7) is 6.61. The van der Waals surface area contributed by atoms with Crippen LogP contribution in [0.2, 0.25) is 0 Å². The molecule has 0 radical (unpaired) electrons. The molecule has 0 saturated carbocycles. The summed E-state index contributed by atoms with van der Waals surface area (Å²) < 4.78 is 25.6. The minimum Gasteiger partial charge on any atom is -0.336 e. The molecule has 0 bridgehead atoms. The number of hydrogen-bond donors (Lipinski definition) is 0. The number of carbonyl (C=O) groups excluding carboxylic acids is 1. The second-order valence-electron chi connectivity index (χ2n) is 8.19. The quantitative estimate of drug-likeness (QED) is 0.708. The van der Waals surface area contributed by atoms with Crippen molar-refractivity contribution >= 4 is 15.9 Å². The molecule has 2 atom stereocenters. The van der Waals surface area contributed by atoms with Gasteiger partial charge in [0, 0.05) is 51.4 Å². The van der Waals surface area contributed by atoms with Crippen LogP contribution in [0.15, 0.2) is 59.5 Å². The van der Waals surface area contributed by atoms with E-state index in [2.05, 4.69) is 43.0 Å². The minimum absolute atomic E-state index is 0.0507. The summed E-state index contributed by atoms with van der Waals surface area (Å²) in [6.07, 6.45) is 0.991. The maximum Gasteiger partial charge on any atom is 0.253 e. The molecule has 1 saturated heterocycles. The van der Waals surface area contributed by atoms with Crippen molar-refractivity contribution in [2.45, 2.75) is 37.2 Å². The van der Waals surface area contributed by atoms with Crippen molar-refractivity contribution in [1.29, 1.82) is 0 Å². The van der Waals surface area contributed by atoms with Gasteiger partial charge in [0.05, 0.1) is 4.90 Å². The molecular formula is C23H31N3O3S. The van der Waals surface area contributed by atoms with E-state index in [1.807, 2.05) is 11.0 Å². The van der Waals surface area contributed by atoms with Crippen LogP contribution >= 0.6 is 0 Å². The van der Waals surface area contributed by atoms with Crippen molar-refractivity contribution in [1.82, 2.24) is 14.1 Å². The van der Waals surface area contributed by atoms with Gasteiger partial charge in [0.1, 0.15) is 0 Å². The van der Waals surface area contributed by atoms with Crippen LogP contribution < -0.4 is 0 Å². The maximum absolute atomic E-state index is 13.0. The largest absolute Gasteiger partial charge is 0.336 e. The van der Waals surface area contributed by atoms with Gasteiger partial charge < -0.3 is 4.90 Å². The number of rotatable bonds is 6. The van der Waals surface area contributed by atoms with Crippen LogP contribution in [0.5, 0.6) is 0 Å². The van der Waals surface area contributed by atoms with Gasteiger partial charge in [-0.2, -0.15) is 0 Å². The molecule has 2 unspecified atom stereocenters. The Morgan fingerprint density at radius 1 is 0.967 bits per heavy atom. The van der Waals surface area contributed by atoms with Crippen LogP contribution in [0.3, 0.4) is 0 Å². The lowest BCUT2D eigenvalue weighted by atomic mass is 10.0. The van der Waals surface area contributed by atoms with Gasteiger partial charge in [-0.15, -0.1) is 0 Å². The second kappa shape index (κ2) is 9.29. The van der Waals surface area contributed by atoms with Gasteiger partial charge in [0.15, 0.2) is 0 Å². The van der Waals surface area contributed by atoms with Gasteiger partial charge in [-0.1, -0.05) is 30.3 Å². The highest BCUT2D eigenvalue weighted by atomic mass is 32.2. The minimum atomic E-state index is -3.50. The average Bonchev–Trinajstić information content (AvgIpc) is 2.73. The molecule has 0 spiro atoms. The van der Waals surface area contributed by atoms with Gasteiger partial charge >= 0.3 is 0 Å². The van der Waals surface area contributed by atoms with Gasteiger partial charge in [-0.05, 0) is 50.1 Å². The zero-order valence-corrected chi connectivity index (χ0v) is 19.0. The monoisotopic (exact) mass is 429 g/mol. The standard InChI is InChI=1S/C23H31N3O3S/c1-18-16-25(17-19(2)26(18)15-14-20-8-6-5-7-9-20)23(27)21-10-12-22(13-11-21)30(28,29)24(3)4/h5-13,18-19H,14-17H2,1-4H3. The second-order valence-corrected chi connectivity index (χ2v) is 10.3. The molecule has 1 fully saturated rings. The van der Waals surface area contributed by atoms with Crippen LogP contribution in [0.25, 0.3) is 0 Å². The van der Waals surface area contributed by atoms with E-state index in [0.29, 0.717) is 18.7 Å². The molecule has 3 rings (SSSR count). The molecule has 30 heavy (non-hydrogen) atoms. The van der Waals surface area contributed by atoms with E-state index in [1.54, 1.807) is 12.1 Å². The van der Waals surface area contributed by atoms with Gasteiger partial charge in [-0.25, -0.2) is 12.7 Å². The van der Waals surface area contributed by atoms with Crippen molar-refractivity contribution in [3.8, 4) is 0 Å². The predicted octanol–water partition coefficient (Wildman–Crippen LogP) is 2.71. The first-order chi connectivity index (χ1) is 14.2. The predicted molar refractivity (Wildman–Crippen MR) is 119 cm³/mol. The first-order valence-corrected chi connectivity index (χ1v) is 11.8. The Hall–Kier alpha value is -2.22. The molecule has 2 aromatic rings. The zero-order chi connectivity index (χ0) is 21.9. The molecule has 2 aromatic carbocycles. The molecular weight excluding hydrogens is 398 g/mol. The van der Waals surface area contributed by atoms with Crippen LogP contribution in [0.1, 0.15) is 29.8 Å². The Balaban J connectivity index is 1.64. The Labute approximate surface area is 180 Å². The number of amides is 1. The zero-order valence-electron chi connectivity index (χ0n) is 18.2. The van der Waals surface area contributed by atoms with E-state index in [4.69, 9.17) is 0 Å². The highest BCUT2D eigenvalue weighted by Crippen LogP contribution is 2.20. The Morgan fingerprint density at radius 3 is 2.07 bits per heavy atom. The molecule has 0 N–H and O–H groups in total. The van der Waals surface area contributed by atoms with Gasteiger partial charge in [-0.3, -0.25) is 9.69 Å². The van der Waals surface area contributed by atoms with Crippen LogP contribution in [0.4, 0.5) is 0 Å². The molecule has 7 heteroatoms. The Morgan fingerprint density at radius 2 is 1.53 bits per heavy atom. The normalized spacial score (nSPS) is 20.5. The van der Waals surface area contributed by atoms with Crippen molar-refractivity contribution in [3.05, 3.63) is 65.7 Å². The number of piperazine rings is 1. The van der Waals surface area contributed by atoms with Crippen molar-refractivity contribution in [2.24, 2.45) is 0 Å². The summed E-state index contributed by atoms with van der Waals surface area (Å²) in [4.78, 5) is 17.6. The molecule has 1 aliphatic heterocycles. The third kappa shape index (κ3) is 4.91. The van der Waals surface area contributed by atoms with E-state index in [0.717, 1.165) is 13.0 Å². The lowest BCUT2D eigenvalue weighted by Gasteiger charge is -2.44. The fourth-order valence-electron chi connectivity index (χ4n) is 4.03. The number of benzene rings is 2. The summed E-state index contributed by atoms with van der Waals surface area (Å²) in [7, 11) is -0.508. The smallest absolute Gasteiger partial charge is 0.253 e. The number of hydrogen-bond acceptors (Lipinski definition) is 4. The molecule has 0 aliphatic carbocycles. The van der Waals surface area contributed by atoms with Crippen LogP contribution in [-0.2, 0) is 16.4 Å². The molecule has 162 valence electrons. The SMILES string of the molecule is CC1CN(C(=O)c2ccc(S(=O)(=O)N(C)C)cc2)CC(C)N1CCc1ccccc1. The lowest BCUT2D eigenvalue weighted by Crippen LogP contribution is -2.58. The van der Waals surface area contributed by atoms with Crippen LogP contribution in [0, 0.1) is 0 Å².